The molecule has 0 bridgehead atoms. The van der Waals surface area contributed by atoms with Gasteiger partial charge in [0.2, 0.25) is 11.8 Å². The average molecular weight is 324 g/mol. The normalized spacial score (nSPS) is 10.0. The highest BCUT2D eigenvalue weighted by molar-refractivity contribution is 7.99. The van der Waals surface area contributed by atoms with E-state index in [0.717, 1.165) is 16.9 Å². The van der Waals surface area contributed by atoms with Gasteiger partial charge in [-0.1, -0.05) is 36.9 Å². The molecule has 7 heteroatoms. The number of amides is 2. The smallest absolute Gasteiger partial charge is 0.306 e. The van der Waals surface area contributed by atoms with Gasteiger partial charge < -0.3 is 15.8 Å². The summed E-state index contributed by atoms with van der Waals surface area (Å²) >= 11 is 1.35. The minimum atomic E-state index is -0.584. The molecule has 0 aliphatic rings. The average Bonchev–Trinajstić information content (AvgIpc) is 2.47. The first kappa shape index (κ1) is 18.0. The van der Waals surface area contributed by atoms with E-state index in [4.69, 9.17) is 10.5 Å². The van der Waals surface area contributed by atoms with Crippen molar-refractivity contribution in [2.75, 3.05) is 12.5 Å². The zero-order chi connectivity index (χ0) is 16.4. The lowest BCUT2D eigenvalue weighted by molar-refractivity contribution is -0.141. The maximum atomic E-state index is 11.7. The van der Waals surface area contributed by atoms with Crippen molar-refractivity contribution in [3.05, 3.63) is 29.8 Å². The van der Waals surface area contributed by atoms with Gasteiger partial charge in [0.05, 0.1) is 13.0 Å². The zero-order valence-electron chi connectivity index (χ0n) is 12.5. The molecule has 0 saturated heterocycles. The largest absolute Gasteiger partial charge is 0.454 e. The Morgan fingerprint density at radius 1 is 1.27 bits per heavy atom. The van der Waals surface area contributed by atoms with Gasteiger partial charge in [-0.15, -0.1) is 0 Å². The minimum Gasteiger partial charge on any atom is -0.454 e. The van der Waals surface area contributed by atoms with Crippen LogP contribution in [0.2, 0.25) is 0 Å². The lowest BCUT2D eigenvalue weighted by Crippen LogP contribution is -2.34. The van der Waals surface area contributed by atoms with Crippen LogP contribution < -0.4 is 11.1 Å². The van der Waals surface area contributed by atoms with Crippen LogP contribution in [0.15, 0.2) is 29.2 Å². The Kier molecular flexibility index (Phi) is 8.06. The van der Waals surface area contributed by atoms with Crippen LogP contribution in [0.5, 0.6) is 0 Å². The first-order chi connectivity index (χ1) is 10.5. The van der Waals surface area contributed by atoms with E-state index in [2.05, 4.69) is 5.32 Å². The van der Waals surface area contributed by atoms with Gasteiger partial charge in [-0.05, 0) is 18.1 Å². The number of rotatable bonds is 9. The van der Waals surface area contributed by atoms with Gasteiger partial charge in [-0.3, -0.25) is 14.4 Å². The van der Waals surface area contributed by atoms with E-state index in [1.165, 1.54) is 11.8 Å². The lowest BCUT2D eigenvalue weighted by Gasteiger charge is -2.09. The van der Waals surface area contributed by atoms with E-state index >= 15 is 0 Å². The van der Waals surface area contributed by atoms with E-state index < -0.39 is 5.91 Å². The summed E-state index contributed by atoms with van der Waals surface area (Å²) in [5.74, 6) is -0.890. The summed E-state index contributed by atoms with van der Waals surface area (Å²) in [4.78, 5) is 34.5. The second-order valence-electron chi connectivity index (χ2n) is 4.56. The monoisotopic (exact) mass is 324 g/mol. The molecule has 1 rings (SSSR count). The Balaban J connectivity index is 2.52. The molecule has 0 unspecified atom stereocenters. The number of nitrogens with one attached hydrogen (secondary N) is 1. The summed E-state index contributed by atoms with van der Waals surface area (Å²) in [7, 11) is 0. The molecule has 120 valence electrons. The molecule has 1 aromatic carbocycles. The van der Waals surface area contributed by atoms with E-state index in [9.17, 15) is 14.4 Å². The number of nitrogens with two attached hydrogens (primary N) is 1. The van der Waals surface area contributed by atoms with Crippen LogP contribution in [0.4, 0.5) is 0 Å². The second kappa shape index (κ2) is 9.83. The van der Waals surface area contributed by atoms with Gasteiger partial charge in [0, 0.05) is 11.3 Å². The van der Waals surface area contributed by atoms with Crippen molar-refractivity contribution in [2.24, 2.45) is 5.73 Å². The molecular formula is C15H20N2O4S. The van der Waals surface area contributed by atoms with Gasteiger partial charge >= 0.3 is 5.97 Å². The van der Waals surface area contributed by atoms with Crippen molar-refractivity contribution in [1.29, 1.82) is 0 Å². The minimum absolute atomic E-state index is 0.138. The molecule has 0 aliphatic carbocycles. The number of ether oxygens (including phenoxy) is 1. The quantitative estimate of drug-likeness (QED) is 0.404. The Bertz CT molecular complexity index is 534. The molecule has 0 aliphatic heterocycles. The van der Waals surface area contributed by atoms with Crippen molar-refractivity contribution in [1.82, 2.24) is 5.32 Å². The number of thioether (sulfide) groups is 1. The summed E-state index contributed by atoms with van der Waals surface area (Å²) in [6.45, 7) is 1.73. The van der Waals surface area contributed by atoms with E-state index in [1.54, 1.807) is 0 Å². The molecule has 0 fully saturated rings. The Labute approximate surface area is 133 Å². The van der Waals surface area contributed by atoms with Crippen LogP contribution in [-0.4, -0.2) is 30.3 Å². The first-order valence-electron chi connectivity index (χ1n) is 6.94. The zero-order valence-corrected chi connectivity index (χ0v) is 13.3. The maximum absolute atomic E-state index is 11.7. The molecule has 0 saturated carbocycles. The van der Waals surface area contributed by atoms with E-state index in [1.807, 2.05) is 31.2 Å². The van der Waals surface area contributed by atoms with Gasteiger partial charge in [0.15, 0.2) is 0 Å². The number of hydrogen-bond acceptors (Lipinski definition) is 5. The number of primary amides is 1. The maximum Gasteiger partial charge on any atom is 0.306 e. The number of carbonyl (C=O) groups excluding carboxylic acids is 3. The second-order valence-corrected chi connectivity index (χ2v) is 5.52. The fourth-order valence-corrected chi connectivity index (χ4v) is 2.46. The topological polar surface area (TPSA) is 98.5 Å². The molecule has 2 amide bonds. The molecule has 22 heavy (non-hydrogen) atoms. The van der Waals surface area contributed by atoms with Crippen LogP contribution >= 0.6 is 11.8 Å². The summed E-state index contributed by atoms with van der Waals surface area (Å²) in [5, 5.41) is 2.44. The van der Waals surface area contributed by atoms with Crippen molar-refractivity contribution in [2.45, 2.75) is 31.1 Å². The molecule has 0 aromatic heterocycles. The van der Waals surface area contributed by atoms with Gasteiger partial charge in [-0.2, -0.15) is 0 Å². The Morgan fingerprint density at radius 2 is 2.00 bits per heavy atom. The third-order valence-electron chi connectivity index (χ3n) is 2.67. The Hall–Kier alpha value is -2.02. The van der Waals surface area contributed by atoms with Crippen LogP contribution in [0, 0.1) is 0 Å². The highest BCUT2D eigenvalue weighted by Gasteiger charge is 2.09. The summed E-state index contributed by atoms with van der Waals surface area (Å²) in [6.07, 6.45) is 1.29. The molecule has 3 N–H and O–H groups in total. The van der Waals surface area contributed by atoms with E-state index in [-0.39, 0.29) is 30.8 Å². The van der Waals surface area contributed by atoms with Crippen LogP contribution in [0.3, 0.4) is 0 Å². The molecule has 0 atom stereocenters. The number of benzene rings is 1. The molecule has 0 radical (unpaired) electrons. The van der Waals surface area contributed by atoms with Crippen LogP contribution in [0.25, 0.3) is 0 Å². The molecular weight excluding hydrogens is 304 g/mol. The number of carbonyl (C=O) groups is 3. The SMILES string of the molecule is CCCC(=O)OCSc1ccccc1CC(=O)NCC(N)=O. The molecule has 6 nitrogen and oxygen atoms in total. The van der Waals surface area contributed by atoms with Gasteiger partial charge in [-0.25, -0.2) is 0 Å². The highest BCUT2D eigenvalue weighted by Crippen LogP contribution is 2.23. The highest BCUT2D eigenvalue weighted by atomic mass is 32.2. The van der Waals surface area contributed by atoms with Crippen molar-refractivity contribution in [3.8, 4) is 0 Å². The van der Waals surface area contributed by atoms with Crippen molar-refractivity contribution in [3.63, 3.8) is 0 Å². The summed E-state index contributed by atoms with van der Waals surface area (Å²) < 4.78 is 5.09. The van der Waals surface area contributed by atoms with E-state index in [0.29, 0.717) is 6.42 Å². The molecule has 1 aromatic rings. The summed E-state index contributed by atoms with van der Waals surface area (Å²) in [5.41, 5.74) is 5.78. The number of hydrogen-bond donors (Lipinski definition) is 2. The van der Waals surface area contributed by atoms with Gasteiger partial charge in [0.1, 0.15) is 5.94 Å². The Morgan fingerprint density at radius 3 is 2.68 bits per heavy atom. The van der Waals surface area contributed by atoms with Crippen LogP contribution in [-0.2, 0) is 25.5 Å². The van der Waals surface area contributed by atoms with Crippen LogP contribution in [0.1, 0.15) is 25.3 Å². The first-order valence-corrected chi connectivity index (χ1v) is 7.92. The third kappa shape index (κ3) is 7.12. The third-order valence-corrected chi connectivity index (χ3v) is 3.62. The standard InChI is InChI=1S/C15H20N2O4S/c1-2-5-15(20)21-10-22-12-7-4-3-6-11(12)8-14(19)17-9-13(16)18/h3-4,6-7H,2,5,8-10H2,1H3,(H2,16,18)(H,17,19). The predicted octanol–water partition coefficient (Wildman–Crippen LogP) is 1.22. The molecule has 0 spiro atoms. The fraction of sp³-hybridized carbons (Fsp3) is 0.400. The fourth-order valence-electron chi connectivity index (χ4n) is 1.65. The van der Waals surface area contributed by atoms with Crippen molar-refractivity contribution >= 4 is 29.5 Å². The van der Waals surface area contributed by atoms with Crippen molar-refractivity contribution < 1.29 is 19.1 Å². The van der Waals surface area contributed by atoms with Gasteiger partial charge in [0.25, 0.3) is 0 Å². The summed E-state index contributed by atoms with van der Waals surface area (Å²) in [6, 6.07) is 7.35. The molecule has 0 heterocycles. The lowest BCUT2D eigenvalue weighted by atomic mass is 10.1. The number of esters is 1. The predicted molar refractivity (Wildman–Crippen MR) is 84.1 cm³/mol.